The molecular weight excluding hydrogens is 597 g/mol. The Morgan fingerprint density at radius 1 is 0.388 bits per heavy atom. The molecule has 0 saturated carbocycles. The monoisotopic (exact) mass is 628 g/mol. The van der Waals surface area contributed by atoms with Crippen molar-refractivity contribution in [2.24, 2.45) is 0 Å². The highest BCUT2D eigenvalue weighted by atomic mass is 14.9. The van der Waals surface area contributed by atoms with Gasteiger partial charge in [-0.2, -0.15) is 0 Å². The van der Waals surface area contributed by atoms with Crippen LogP contribution < -0.4 is 0 Å². The molecule has 0 aliphatic carbocycles. The van der Waals surface area contributed by atoms with Gasteiger partial charge in [0, 0.05) is 33.6 Å². The molecule has 232 valence electrons. The van der Waals surface area contributed by atoms with Crippen LogP contribution in [0.2, 0.25) is 0 Å². The molecule has 0 amide bonds. The average Bonchev–Trinajstić information content (AvgIpc) is 3.14. The summed E-state index contributed by atoms with van der Waals surface area (Å²) < 4.78 is 0. The van der Waals surface area contributed by atoms with Gasteiger partial charge in [-0.1, -0.05) is 109 Å². The van der Waals surface area contributed by atoms with Crippen LogP contribution in [0.15, 0.2) is 140 Å². The molecule has 0 aliphatic rings. The number of nitrogens with zero attached hydrogens (tertiary/aromatic N) is 4. The van der Waals surface area contributed by atoms with Crippen molar-refractivity contribution >= 4 is 32.3 Å². The largest absolute Gasteiger partial charge is 0.238 e. The van der Waals surface area contributed by atoms with E-state index in [-0.39, 0.29) is 0 Å². The molecule has 9 rings (SSSR count). The fourth-order valence-electron chi connectivity index (χ4n) is 7.45. The zero-order valence-electron chi connectivity index (χ0n) is 27.6. The van der Waals surface area contributed by atoms with Gasteiger partial charge in [-0.25, -0.2) is 19.9 Å². The van der Waals surface area contributed by atoms with E-state index in [0.717, 1.165) is 62.0 Å². The Labute approximate surface area is 285 Å². The summed E-state index contributed by atoms with van der Waals surface area (Å²) in [5.74, 6) is 1.47. The van der Waals surface area contributed by atoms with Crippen LogP contribution in [0.25, 0.3) is 88.5 Å². The number of rotatable bonds is 5. The van der Waals surface area contributed by atoms with E-state index >= 15 is 0 Å². The molecule has 0 atom stereocenters. The van der Waals surface area contributed by atoms with Gasteiger partial charge in [-0.05, 0) is 100 Å². The third-order valence-electron chi connectivity index (χ3n) is 9.55. The maximum Gasteiger partial charge on any atom is 0.160 e. The molecule has 0 radical (unpaired) electrons. The minimum absolute atomic E-state index is 0.692. The molecule has 0 bridgehead atoms. The van der Waals surface area contributed by atoms with E-state index in [2.05, 4.69) is 129 Å². The van der Waals surface area contributed by atoms with Crippen molar-refractivity contribution in [2.75, 3.05) is 0 Å². The molecule has 49 heavy (non-hydrogen) atoms. The molecule has 2 aromatic heterocycles. The lowest BCUT2D eigenvalue weighted by Gasteiger charge is -2.18. The minimum Gasteiger partial charge on any atom is -0.238 e. The van der Waals surface area contributed by atoms with Crippen LogP contribution in [0.5, 0.6) is 0 Å². The highest BCUT2D eigenvalue weighted by molar-refractivity contribution is 6.26. The Morgan fingerprint density at radius 3 is 1.67 bits per heavy atom. The molecule has 9 aromatic rings. The fourth-order valence-corrected chi connectivity index (χ4v) is 7.45. The zero-order valence-corrected chi connectivity index (χ0v) is 27.6. The summed E-state index contributed by atoms with van der Waals surface area (Å²) in [6, 6.07) is 49.5. The number of aromatic nitrogens is 4. The van der Waals surface area contributed by atoms with Gasteiger partial charge in [-0.3, -0.25) is 0 Å². The van der Waals surface area contributed by atoms with Crippen LogP contribution in [-0.4, -0.2) is 19.9 Å². The molecule has 4 heteroatoms. The van der Waals surface area contributed by atoms with E-state index in [4.69, 9.17) is 19.9 Å². The molecule has 7 aromatic carbocycles. The molecule has 0 spiro atoms. The highest BCUT2D eigenvalue weighted by Crippen LogP contribution is 2.43. The quantitative estimate of drug-likeness (QED) is 0.178. The molecule has 0 fully saturated rings. The summed E-state index contributed by atoms with van der Waals surface area (Å²) >= 11 is 0. The average molecular weight is 629 g/mol. The minimum atomic E-state index is 0.692. The van der Waals surface area contributed by atoms with E-state index in [9.17, 15) is 0 Å². The molecule has 0 saturated heterocycles. The summed E-state index contributed by atoms with van der Waals surface area (Å²) in [5.41, 5.74) is 11.1. The van der Waals surface area contributed by atoms with Gasteiger partial charge in [0.1, 0.15) is 5.82 Å². The predicted octanol–water partition coefficient (Wildman–Crippen LogP) is 11.4. The van der Waals surface area contributed by atoms with Crippen molar-refractivity contribution in [3.8, 4) is 56.2 Å². The third-order valence-corrected chi connectivity index (χ3v) is 9.55. The highest BCUT2D eigenvalue weighted by Gasteiger charge is 2.19. The first-order chi connectivity index (χ1) is 24.0. The lowest BCUT2D eigenvalue weighted by Crippen LogP contribution is -2.00. The van der Waals surface area contributed by atoms with Crippen molar-refractivity contribution in [3.63, 3.8) is 0 Å². The summed E-state index contributed by atoms with van der Waals surface area (Å²) in [7, 11) is 0. The van der Waals surface area contributed by atoms with E-state index in [1.807, 2.05) is 31.2 Å². The Morgan fingerprint density at radius 2 is 0.959 bits per heavy atom. The normalized spacial score (nSPS) is 11.6. The smallest absolute Gasteiger partial charge is 0.160 e. The van der Waals surface area contributed by atoms with Crippen molar-refractivity contribution in [2.45, 2.75) is 20.8 Å². The Bertz CT molecular complexity index is 2600. The van der Waals surface area contributed by atoms with Gasteiger partial charge in [0.2, 0.25) is 0 Å². The van der Waals surface area contributed by atoms with Gasteiger partial charge in [-0.15, -0.1) is 0 Å². The maximum atomic E-state index is 5.22. The summed E-state index contributed by atoms with van der Waals surface area (Å²) in [4.78, 5) is 19.9. The van der Waals surface area contributed by atoms with Crippen molar-refractivity contribution < 1.29 is 0 Å². The van der Waals surface area contributed by atoms with Gasteiger partial charge < -0.3 is 0 Å². The number of hydrogen-bond acceptors (Lipinski definition) is 4. The SMILES string of the molecule is Cc1nc(C)c(-c2cc(-c3cc(-c4ccccc4)nc(-c4ccccc4)n3)cc(-c3cc4cccc5ccc6cccc3c6c54)c2)c(C)n1. The van der Waals surface area contributed by atoms with E-state index in [1.54, 1.807) is 0 Å². The van der Waals surface area contributed by atoms with E-state index < -0.39 is 0 Å². The first kappa shape index (κ1) is 28.9. The van der Waals surface area contributed by atoms with Crippen molar-refractivity contribution in [1.29, 1.82) is 0 Å². The van der Waals surface area contributed by atoms with Gasteiger partial charge in [0.05, 0.1) is 11.4 Å². The lowest BCUT2D eigenvalue weighted by molar-refractivity contribution is 0.981. The Hall–Kier alpha value is -6.26. The van der Waals surface area contributed by atoms with Crippen LogP contribution in [0, 0.1) is 20.8 Å². The van der Waals surface area contributed by atoms with Crippen LogP contribution >= 0.6 is 0 Å². The van der Waals surface area contributed by atoms with E-state index in [0.29, 0.717) is 5.82 Å². The molecular formula is C45H32N4. The molecule has 0 unspecified atom stereocenters. The van der Waals surface area contributed by atoms with Crippen LogP contribution in [0.1, 0.15) is 17.2 Å². The second kappa shape index (κ2) is 11.5. The molecule has 0 N–H and O–H groups in total. The second-order valence-electron chi connectivity index (χ2n) is 12.8. The standard InChI is InChI=1S/C45H32N4/c1-27-42(28(2)47-29(3)46-27)37-23-35(39-25-34-18-10-16-31-20-21-32-17-11-19-38(39)44(32)43(31)34)22-36(24-37)41-26-40(30-12-6-4-7-13-30)48-45(49-41)33-14-8-5-9-15-33/h4-26H,1-3H3. The number of aryl methyl sites for hydroxylation is 3. The number of hydrogen-bond donors (Lipinski definition) is 0. The Balaban J connectivity index is 1.36. The Kier molecular flexibility index (Phi) is 6.77. The zero-order chi connectivity index (χ0) is 33.1. The maximum absolute atomic E-state index is 5.22. The molecule has 2 heterocycles. The molecule has 0 aliphatic heterocycles. The van der Waals surface area contributed by atoms with Crippen LogP contribution in [0.4, 0.5) is 0 Å². The lowest BCUT2D eigenvalue weighted by atomic mass is 9.87. The van der Waals surface area contributed by atoms with Crippen molar-refractivity contribution in [1.82, 2.24) is 19.9 Å². The summed E-state index contributed by atoms with van der Waals surface area (Å²) in [6.45, 7) is 6.10. The summed E-state index contributed by atoms with van der Waals surface area (Å²) in [5, 5.41) is 7.57. The van der Waals surface area contributed by atoms with Gasteiger partial charge in [0.25, 0.3) is 0 Å². The second-order valence-corrected chi connectivity index (χ2v) is 12.8. The van der Waals surface area contributed by atoms with Crippen LogP contribution in [0.3, 0.4) is 0 Å². The van der Waals surface area contributed by atoms with Crippen LogP contribution in [-0.2, 0) is 0 Å². The third kappa shape index (κ3) is 5.01. The predicted molar refractivity (Wildman–Crippen MR) is 203 cm³/mol. The molecule has 4 nitrogen and oxygen atoms in total. The first-order valence-corrected chi connectivity index (χ1v) is 16.6. The number of benzene rings is 7. The fraction of sp³-hybridized carbons (Fsp3) is 0.0667. The van der Waals surface area contributed by atoms with Gasteiger partial charge in [0.15, 0.2) is 5.82 Å². The van der Waals surface area contributed by atoms with E-state index in [1.165, 1.54) is 37.9 Å². The van der Waals surface area contributed by atoms with Crippen molar-refractivity contribution in [3.05, 3.63) is 157 Å². The summed E-state index contributed by atoms with van der Waals surface area (Å²) in [6.07, 6.45) is 0. The topological polar surface area (TPSA) is 51.6 Å². The van der Waals surface area contributed by atoms with Gasteiger partial charge >= 0.3 is 0 Å². The first-order valence-electron chi connectivity index (χ1n) is 16.6.